The molecular weight excluding hydrogens is 554 g/mol. The van der Waals surface area contributed by atoms with Crippen molar-refractivity contribution in [3.8, 4) is 5.69 Å². The van der Waals surface area contributed by atoms with Gasteiger partial charge in [-0.3, -0.25) is 23.9 Å². The lowest BCUT2D eigenvalue weighted by Gasteiger charge is -2.11. The number of hydrogen-bond acceptors (Lipinski definition) is 6. The highest BCUT2D eigenvalue weighted by Gasteiger charge is 2.41. The molecule has 0 atom stereocenters. The van der Waals surface area contributed by atoms with Gasteiger partial charge in [-0.15, -0.1) is 0 Å². The Labute approximate surface area is 225 Å². The molecule has 0 aliphatic carbocycles. The Morgan fingerprint density at radius 2 is 1.47 bits per heavy atom. The number of fused-ring (bicyclic) bond motifs is 1. The SMILES string of the molecule is Cc1c(N2C(=O)c3ccc(C(=O)OCC(=O)c4ccc(Br)cc4)cc3C2=O)c(=O)n(-c2ccccc2)n1C. The lowest BCUT2D eigenvalue weighted by Crippen LogP contribution is -2.34. The molecule has 2 heterocycles. The second-order valence-electron chi connectivity index (χ2n) is 8.62. The molecule has 0 N–H and O–H groups in total. The summed E-state index contributed by atoms with van der Waals surface area (Å²) in [6, 6.07) is 19.4. The van der Waals surface area contributed by atoms with Crippen LogP contribution in [0, 0.1) is 6.92 Å². The van der Waals surface area contributed by atoms with E-state index in [1.165, 1.54) is 22.9 Å². The maximum absolute atomic E-state index is 13.4. The van der Waals surface area contributed by atoms with Crippen molar-refractivity contribution < 1.29 is 23.9 Å². The van der Waals surface area contributed by atoms with Gasteiger partial charge in [0.25, 0.3) is 17.4 Å². The summed E-state index contributed by atoms with van der Waals surface area (Å²) in [6.45, 7) is 1.16. The number of ether oxygens (including phenoxy) is 1. The number of Topliss-reactive ketones (excluding diaryl/α,β-unsaturated/α-hetero) is 1. The minimum absolute atomic E-state index is 0.00170. The van der Waals surface area contributed by atoms with E-state index in [2.05, 4.69) is 15.9 Å². The Hall–Kier alpha value is -4.57. The maximum atomic E-state index is 13.4. The molecule has 38 heavy (non-hydrogen) atoms. The summed E-state index contributed by atoms with van der Waals surface area (Å²) in [4.78, 5) is 65.8. The van der Waals surface area contributed by atoms with Crippen LogP contribution < -0.4 is 10.5 Å². The maximum Gasteiger partial charge on any atom is 0.338 e. The summed E-state index contributed by atoms with van der Waals surface area (Å²) in [5.74, 6) is -2.60. The quantitative estimate of drug-likeness (QED) is 0.195. The van der Waals surface area contributed by atoms with Crippen LogP contribution >= 0.6 is 15.9 Å². The molecule has 2 amide bonds. The first-order chi connectivity index (χ1) is 18.2. The number of amides is 2. The van der Waals surface area contributed by atoms with E-state index in [1.807, 2.05) is 6.07 Å². The van der Waals surface area contributed by atoms with E-state index in [4.69, 9.17) is 4.74 Å². The van der Waals surface area contributed by atoms with Crippen LogP contribution in [0.15, 0.2) is 82.1 Å². The highest BCUT2D eigenvalue weighted by molar-refractivity contribution is 9.10. The second kappa shape index (κ2) is 9.71. The van der Waals surface area contributed by atoms with Gasteiger partial charge in [0.15, 0.2) is 12.4 Å². The average molecular weight is 574 g/mol. The topological polar surface area (TPSA) is 108 Å². The van der Waals surface area contributed by atoms with Crippen LogP contribution in [-0.4, -0.2) is 39.5 Å². The van der Waals surface area contributed by atoms with Gasteiger partial charge in [0.2, 0.25) is 0 Å². The van der Waals surface area contributed by atoms with Crippen LogP contribution in [0.4, 0.5) is 5.69 Å². The number of aromatic nitrogens is 2. The van der Waals surface area contributed by atoms with E-state index in [-0.39, 0.29) is 22.4 Å². The predicted octanol–water partition coefficient (Wildman–Crippen LogP) is 4.09. The molecule has 0 saturated carbocycles. The lowest BCUT2D eigenvalue weighted by molar-refractivity contribution is 0.0474. The minimum Gasteiger partial charge on any atom is -0.454 e. The van der Waals surface area contributed by atoms with E-state index >= 15 is 0 Å². The number of ketones is 1. The zero-order valence-electron chi connectivity index (χ0n) is 20.3. The van der Waals surface area contributed by atoms with E-state index in [1.54, 1.807) is 67.2 Å². The summed E-state index contributed by atoms with van der Waals surface area (Å²) in [5, 5.41) is 0. The van der Waals surface area contributed by atoms with Crippen molar-refractivity contribution in [3.63, 3.8) is 0 Å². The van der Waals surface area contributed by atoms with Crippen LogP contribution in [-0.2, 0) is 11.8 Å². The summed E-state index contributed by atoms with van der Waals surface area (Å²) in [6.07, 6.45) is 0. The first kappa shape index (κ1) is 25.1. The van der Waals surface area contributed by atoms with Crippen molar-refractivity contribution in [2.75, 3.05) is 11.5 Å². The molecular formula is C28H20BrN3O6. The molecule has 0 bridgehead atoms. The Morgan fingerprint density at radius 3 is 2.16 bits per heavy atom. The summed E-state index contributed by atoms with van der Waals surface area (Å²) >= 11 is 3.29. The second-order valence-corrected chi connectivity index (χ2v) is 9.54. The molecule has 5 rings (SSSR count). The van der Waals surface area contributed by atoms with E-state index in [0.29, 0.717) is 16.9 Å². The first-order valence-corrected chi connectivity index (χ1v) is 12.3. The highest BCUT2D eigenvalue weighted by Crippen LogP contribution is 2.30. The Bertz CT molecular complexity index is 1690. The fourth-order valence-corrected chi connectivity index (χ4v) is 4.58. The van der Waals surface area contributed by atoms with Gasteiger partial charge in [-0.1, -0.05) is 46.3 Å². The van der Waals surface area contributed by atoms with Crippen LogP contribution in [0.25, 0.3) is 5.69 Å². The molecule has 4 aromatic rings. The molecule has 9 nitrogen and oxygen atoms in total. The number of benzene rings is 3. The molecule has 190 valence electrons. The fraction of sp³-hybridized carbons (Fsp3) is 0.107. The highest BCUT2D eigenvalue weighted by atomic mass is 79.9. The lowest BCUT2D eigenvalue weighted by atomic mass is 10.1. The van der Waals surface area contributed by atoms with E-state index in [0.717, 1.165) is 9.37 Å². The summed E-state index contributed by atoms with van der Waals surface area (Å²) in [7, 11) is 1.66. The number of anilines is 1. The molecule has 1 aromatic heterocycles. The van der Waals surface area contributed by atoms with Gasteiger partial charge in [-0.25, -0.2) is 14.4 Å². The Morgan fingerprint density at radius 1 is 0.842 bits per heavy atom. The Kier molecular flexibility index (Phi) is 6.41. The zero-order valence-corrected chi connectivity index (χ0v) is 21.9. The van der Waals surface area contributed by atoms with Gasteiger partial charge in [0, 0.05) is 17.1 Å². The summed E-state index contributed by atoms with van der Waals surface area (Å²) < 4.78 is 8.90. The number of esters is 1. The zero-order chi connectivity index (χ0) is 27.1. The molecule has 1 aliphatic heterocycles. The standard InChI is InChI=1S/C28H20BrN3O6/c1-16-24(27(36)32(30(16)2)20-6-4-3-5-7-20)31-25(34)21-13-10-18(14-22(21)26(31)35)28(37)38-15-23(33)17-8-11-19(29)12-9-17/h3-14H,15H2,1-2H3. The van der Waals surface area contributed by atoms with Crippen LogP contribution in [0.5, 0.6) is 0 Å². The molecule has 10 heteroatoms. The molecule has 0 saturated heterocycles. The third-order valence-electron chi connectivity index (χ3n) is 6.37. The van der Waals surface area contributed by atoms with Crippen molar-refractivity contribution in [2.45, 2.75) is 6.92 Å². The minimum atomic E-state index is -0.820. The first-order valence-electron chi connectivity index (χ1n) is 11.5. The van der Waals surface area contributed by atoms with E-state index < -0.39 is 35.7 Å². The van der Waals surface area contributed by atoms with Gasteiger partial charge >= 0.3 is 5.97 Å². The third kappa shape index (κ3) is 4.18. The number of carbonyl (C=O) groups is 4. The van der Waals surface area contributed by atoms with Crippen LogP contribution in [0.2, 0.25) is 0 Å². The molecule has 3 aromatic carbocycles. The van der Waals surface area contributed by atoms with Crippen molar-refractivity contribution in [1.29, 1.82) is 0 Å². The normalized spacial score (nSPS) is 12.6. The van der Waals surface area contributed by atoms with Gasteiger partial charge in [-0.05, 0) is 49.4 Å². The molecule has 0 fully saturated rings. The monoisotopic (exact) mass is 573 g/mol. The third-order valence-corrected chi connectivity index (χ3v) is 6.90. The average Bonchev–Trinajstić information content (AvgIpc) is 3.29. The predicted molar refractivity (Wildman–Crippen MR) is 142 cm³/mol. The van der Waals surface area contributed by atoms with Gasteiger partial charge in [0.05, 0.1) is 28.1 Å². The number of para-hydroxylation sites is 1. The van der Waals surface area contributed by atoms with Gasteiger partial charge in [0.1, 0.15) is 5.69 Å². The molecule has 0 unspecified atom stereocenters. The van der Waals surface area contributed by atoms with Crippen LogP contribution in [0.3, 0.4) is 0 Å². The summed E-state index contributed by atoms with van der Waals surface area (Å²) in [5.41, 5.74) is 0.813. The molecule has 0 radical (unpaired) electrons. The number of nitrogens with zero attached hydrogens (tertiary/aromatic N) is 3. The number of hydrogen-bond donors (Lipinski definition) is 0. The van der Waals surface area contributed by atoms with Gasteiger partial charge < -0.3 is 4.74 Å². The number of halogens is 1. The van der Waals surface area contributed by atoms with Crippen LogP contribution in [0.1, 0.15) is 47.1 Å². The Balaban J connectivity index is 1.41. The van der Waals surface area contributed by atoms with Crippen molar-refractivity contribution >= 4 is 45.2 Å². The van der Waals surface area contributed by atoms with Crippen molar-refractivity contribution in [2.24, 2.45) is 7.05 Å². The molecule has 0 spiro atoms. The van der Waals surface area contributed by atoms with Crippen molar-refractivity contribution in [3.05, 3.63) is 116 Å². The van der Waals surface area contributed by atoms with Crippen molar-refractivity contribution in [1.82, 2.24) is 9.36 Å². The van der Waals surface area contributed by atoms with Gasteiger partial charge in [-0.2, -0.15) is 0 Å². The number of carbonyl (C=O) groups excluding carboxylic acids is 4. The largest absolute Gasteiger partial charge is 0.454 e. The number of imide groups is 1. The fourth-order valence-electron chi connectivity index (χ4n) is 4.32. The van der Waals surface area contributed by atoms with E-state index in [9.17, 15) is 24.0 Å². The smallest absolute Gasteiger partial charge is 0.338 e. The molecule has 1 aliphatic rings. The number of rotatable bonds is 6.